The van der Waals surface area contributed by atoms with Gasteiger partial charge in [-0.3, -0.25) is 9.78 Å². The Morgan fingerprint density at radius 2 is 1.84 bits per heavy atom. The van der Waals surface area contributed by atoms with Crippen LogP contribution in [0.3, 0.4) is 0 Å². The van der Waals surface area contributed by atoms with Crippen LogP contribution < -0.4 is 0 Å². The molecular formula is C25H20FN5O. The lowest BCUT2D eigenvalue weighted by Crippen LogP contribution is -2.33. The first-order valence-corrected chi connectivity index (χ1v) is 10.1. The summed E-state index contributed by atoms with van der Waals surface area (Å²) >= 11 is 0. The fraction of sp³-hybridized carbons (Fsp3) is 0.120. The molecule has 4 aromatic rings. The SMILES string of the molecule is N#CCCN(Cc1cccnc1)C(=O)c1cc(-c2ccccc2)nn1-c1ccc(F)cc1. The average molecular weight is 425 g/mol. The lowest BCUT2D eigenvalue weighted by atomic mass is 10.1. The lowest BCUT2D eigenvalue weighted by molar-refractivity contribution is 0.0737. The summed E-state index contributed by atoms with van der Waals surface area (Å²) < 4.78 is 15.0. The van der Waals surface area contributed by atoms with E-state index in [4.69, 9.17) is 5.26 Å². The van der Waals surface area contributed by atoms with Crippen LogP contribution in [0.2, 0.25) is 0 Å². The molecule has 0 fully saturated rings. The zero-order valence-corrected chi connectivity index (χ0v) is 17.2. The van der Waals surface area contributed by atoms with Crippen LogP contribution >= 0.6 is 0 Å². The molecule has 4 rings (SSSR count). The van der Waals surface area contributed by atoms with Gasteiger partial charge in [0.1, 0.15) is 11.5 Å². The van der Waals surface area contributed by atoms with Gasteiger partial charge in [0.15, 0.2) is 0 Å². The van der Waals surface area contributed by atoms with Crippen molar-refractivity contribution in [2.24, 2.45) is 0 Å². The second-order valence-corrected chi connectivity index (χ2v) is 7.17. The van der Waals surface area contributed by atoms with Crippen LogP contribution in [0.1, 0.15) is 22.5 Å². The van der Waals surface area contributed by atoms with E-state index >= 15 is 0 Å². The van der Waals surface area contributed by atoms with Crippen molar-refractivity contribution in [3.63, 3.8) is 0 Å². The smallest absolute Gasteiger partial charge is 0.272 e. The summed E-state index contributed by atoms with van der Waals surface area (Å²) in [6, 6.07) is 22.9. The maximum absolute atomic E-state index is 13.6. The first kappa shape index (κ1) is 20.9. The number of amides is 1. The molecule has 0 saturated carbocycles. The number of carbonyl (C=O) groups excluding carboxylic acids is 1. The molecule has 2 aromatic heterocycles. The Labute approximate surface area is 185 Å². The van der Waals surface area contributed by atoms with Crippen LogP contribution in [-0.2, 0) is 6.54 Å². The largest absolute Gasteiger partial charge is 0.332 e. The number of carbonyl (C=O) groups is 1. The van der Waals surface area contributed by atoms with Crippen molar-refractivity contribution in [2.75, 3.05) is 6.54 Å². The summed E-state index contributed by atoms with van der Waals surface area (Å²) in [6.45, 7) is 0.573. The van der Waals surface area contributed by atoms with E-state index in [-0.39, 0.29) is 24.7 Å². The molecule has 0 N–H and O–H groups in total. The predicted molar refractivity (Wildman–Crippen MR) is 118 cm³/mol. The maximum Gasteiger partial charge on any atom is 0.272 e. The highest BCUT2D eigenvalue weighted by molar-refractivity contribution is 5.94. The van der Waals surface area contributed by atoms with Gasteiger partial charge in [-0.1, -0.05) is 36.4 Å². The normalized spacial score (nSPS) is 10.5. The fourth-order valence-corrected chi connectivity index (χ4v) is 3.37. The number of nitriles is 1. The number of pyridine rings is 1. The summed E-state index contributed by atoms with van der Waals surface area (Å²) in [5.41, 5.74) is 3.24. The van der Waals surface area contributed by atoms with Gasteiger partial charge in [0, 0.05) is 31.0 Å². The molecular weight excluding hydrogens is 405 g/mol. The molecule has 6 nitrogen and oxygen atoms in total. The van der Waals surface area contributed by atoms with Gasteiger partial charge in [-0.2, -0.15) is 10.4 Å². The zero-order chi connectivity index (χ0) is 22.3. The van der Waals surface area contributed by atoms with Crippen LogP contribution in [0.4, 0.5) is 4.39 Å². The molecule has 2 heterocycles. The Morgan fingerprint density at radius 1 is 1.06 bits per heavy atom. The van der Waals surface area contributed by atoms with Gasteiger partial charge in [0.05, 0.1) is 23.9 Å². The molecule has 0 atom stereocenters. The highest BCUT2D eigenvalue weighted by Crippen LogP contribution is 2.23. The van der Waals surface area contributed by atoms with E-state index in [2.05, 4.69) is 16.2 Å². The predicted octanol–water partition coefficient (Wildman–Crippen LogP) is 4.63. The van der Waals surface area contributed by atoms with E-state index < -0.39 is 0 Å². The number of hydrogen-bond acceptors (Lipinski definition) is 4. The lowest BCUT2D eigenvalue weighted by Gasteiger charge is -2.22. The summed E-state index contributed by atoms with van der Waals surface area (Å²) in [5.74, 6) is -0.646. The van der Waals surface area contributed by atoms with Crippen LogP contribution in [0.25, 0.3) is 16.9 Å². The molecule has 0 bridgehead atoms. The molecule has 1 amide bonds. The molecule has 7 heteroatoms. The molecule has 0 spiro atoms. The van der Waals surface area contributed by atoms with Crippen LogP contribution in [0, 0.1) is 17.1 Å². The van der Waals surface area contributed by atoms with Crippen molar-refractivity contribution in [3.8, 4) is 23.0 Å². The standard InChI is InChI=1S/C25H20FN5O/c26-21-9-11-22(12-10-21)31-24(16-23(29-31)20-7-2-1-3-8-20)25(32)30(15-5-13-27)18-19-6-4-14-28-17-19/h1-4,6-12,14,16-17H,5,15,18H2. The van der Waals surface area contributed by atoms with Gasteiger partial charge in [0.25, 0.3) is 5.91 Å². The Balaban J connectivity index is 1.76. The fourth-order valence-electron chi connectivity index (χ4n) is 3.37. The van der Waals surface area contributed by atoms with E-state index in [0.29, 0.717) is 23.6 Å². The first-order chi connectivity index (χ1) is 15.7. The summed E-state index contributed by atoms with van der Waals surface area (Å²) in [7, 11) is 0. The molecule has 32 heavy (non-hydrogen) atoms. The van der Waals surface area contributed by atoms with E-state index in [1.807, 2.05) is 36.4 Å². The molecule has 158 valence electrons. The van der Waals surface area contributed by atoms with Gasteiger partial charge in [-0.25, -0.2) is 9.07 Å². The molecule has 0 aliphatic carbocycles. The Hall–Kier alpha value is -4.31. The van der Waals surface area contributed by atoms with Crippen molar-refractivity contribution >= 4 is 5.91 Å². The molecule has 0 saturated heterocycles. The molecule has 0 aliphatic rings. The number of hydrogen-bond donors (Lipinski definition) is 0. The topological polar surface area (TPSA) is 74.8 Å². The van der Waals surface area contributed by atoms with E-state index in [1.165, 1.54) is 16.8 Å². The molecule has 0 unspecified atom stereocenters. The van der Waals surface area contributed by atoms with Crippen LogP contribution in [0.15, 0.2) is 85.2 Å². The highest BCUT2D eigenvalue weighted by atomic mass is 19.1. The van der Waals surface area contributed by atoms with Crippen molar-refractivity contribution in [3.05, 3.63) is 102 Å². The van der Waals surface area contributed by atoms with E-state index in [9.17, 15) is 9.18 Å². The maximum atomic E-state index is 13.6. The second-order valence-electron chi connectivity index (χ2n) is 7.17. The van der Waals surface area contributed by atoms with Crippen molar-refractivity contribution in [1.82, 2.24) is 19.7 Å². The van der Waals surface area contributed by atoms with E-state index in [1.54, 1.807) is 41.6 Å². The quantitative estimate of drug-likeness (QED) is 0.433. The van der Waals surface area contributed by atoms with Crippen molar-refractivity contribution < 1.29 is 9.18 Å². The van der Waals surface area contributed by atoms with Gasteiger partial charge in [-0.15, -0.1) is 0 Å². The third-order valence-electron chi connectivity index (χ3n) is 4.95. The van der Waals surface area contributed by atoms with Gasteiger partial charge >= 0.3 is 0 Å². The summed E-state index contributed by atoms with van der Waals surface area (Å²) in [5, 5.41) is 13.7. The number of rotatable bonds is 7. The number of benzene rings is 2. The molecule has 2 aromatic carbocycles. The van der Waals surface area contributed by atoms with Crippen molar-refractivity contribution in [1.29, 1.82) is 5.26 Å². The minimum Gasteiger partial charge on any atom is -0.332 e. The highest BCUT2D eigenvalue weighted by Gasteiger charge is 2.23. The minimum atomic E-state index is -0.371. The molecule has 0 radical (unpaired) electrons. The van der Waals surface area contributed by atoms with Crippen LogP contribution in [0.5, 0.6) is 0 Å². The Bertz CT molecular complexity index is 1230. The summed E-state index contributed by atoms with van der Waals surface area (Å²) in [4.78, 5) is 19.3. The van der Waals surface area contributed by atoms with Gasteiger partial charge in [-0.05, 0) is 42.0 Å². The average Bonchev–Trinajstić information content (AvgIpc) is 3.28. The first-order valence-electron chi connectivity index (χ1n) is 10.1. The second kappa shape index (κ2) is 9.67. The Kier molecular flexibility index (Phi) is 6.33. The van der Waals surface area contributed by atoms with Crippen molar-refractivity contribution in [2.45, 2.75) is 13.0 Å². The van der Waals surface area contributed by atoms with E-state index in [0.717, 1.165) is 11.1 Å². The zero-order valence-electron chi connectivity index (χ0n) is 17.2. The minimum absolute atomic E-state index is 0.197. The monoisotopic (exact) mass is 425 g/mol. The third kappa shape index (κ3) is 4.71. The Morgan fingerprint density at radius 3 is 2.53 bits per heavy atom. The number of halogens is 1. The van der Waals surface area contributed by atoms with Gasteiger partial charge < -0.3 is 4.90 Å². The number of nitrogens with zero attached hydrogens (tertiary/aromatic N) is 5. The summed E-state index contributed by atoms with van der Waals surface area (Å²) in [6.07, 6.45) is 3.56. The van der Waals surface area contributed by atoms with Gasteiger partial charge in [0.2, 0.25) is 0 Å². The molecule has 0 aliphatic heterocycles. The third-order valence-corrected chi connectivity index (χ3v) is 4.95. The number of aromatic nitrogens is 3. The van der Waals surface area contributed by atoms with Crippen LogP contribution in [-0.4, -0.2) is 32.1 Å².